The number of anilines is 1. The van der Waals surface area contributed by atoms with Crippen LogP contribution in [0.25, 0.3) is 0 Å². The van der Waals surface area contributed by atoms with E-state index in [1.165, 1.54) is 12.0 Å². The van der Waals surface area contributed by atoms with Crippen molar-refractivity contribution in [2.45, 2.75) is 45.5 Å². The molecule has 0 bridgehead atoms. The number of esters is 1. The molecule has 0 saturated carbocycles. The molecule has 3 rings (SSSR count). The van der Waals surface area contributed by atoms with Gasteiger partial charge in [-0.25, -0.2) is 0 Å². The van der Waals surface area contributed by atoms with E-state index in [0.29, 0.717) is 30.3 Å². The van der Waals surface area contributed by atoms with Crippen LogP contribution in [0.4, 0.5) is 5.69 Å². The molecule has 0 spiro atoms. The number of hydrogen-bond acceptors (Lipinski definition) is 7. The highest BCUT2D eigenvalue weighted by molar-refractivity contribution is 6.01. The Balaban J connectivity index is 1.63. The third-order valence-electron chi connectivity index (χ3n) is 5.51. The lowest BCUT2D eigenvalue weighted by Crippen LogP contribution is -2.51. The van der Waals surface area contributed by atoms with Crippen LogP contribution in [0.15, 0.2) is 18.2 Å². The molecule has 2 aliphatic rings. The van der Waals surface area contributed by atoms with Gasteiger partial charge in [-0.05, 0) is 32.9 Å². The second kappa shape index (κ2) is 9.55. The van der Waals surface area contributed by atoms with Gasteiger partial charge in [0.25, 0.3) is 5.91 Å². The Morgan fingerprint density at radius 3 is 2.39 bits per heavy atom. The van der Waals surface area contributed by atoms with Gasteiger partial charge >= 0.3 is 5.97 Å². The second-order valence-electron chi connectivity index (χ2n) is 8.02. The number of morpholine rings is 1. The zero-order chi connectivity index (χ0) is 22.7. The number of rotatable bonds is 6. The molecule has 2 amide bonds. The number of methoxy groups -OCH3 is 2. The number of nitrogens with zero attached hydrogens (tertiary/aromatic N) is 2. The van der Waals surface area contributed by atoms with Crippen molar-refractivity contribution in [1.29, 1.82) is 0 Å². The van der Waals surface area contributed by atoms with Gasteiger partial charge in [0.15, 0.2) is 6.10 Å². The predicted octanol–water partition coefficient (Wildman–Crippen LogP) is 1.62. The summed E-state index contributed by atoms with van der Waals surface area (Å²) in [6, 6.07) is 5.12. The van der Waals surface area contributed by atoms with E-state index >= 15 is 0 Å². The highest BCUT2D eigenvalue weighted by Gasteiger charge is 2.39. The van der Waals surface area contributed by atoms with Gasteiger partial charge in [0.1, 0.15) is 11.5 Å². The van der Waals surface area contributed by atoms with E-state index in [1.54, 1.807) is 37.1 Å². The van der Waals surface area contributed by atoms with Gasteiger partial charge in [-0.2, -0.15) is 0 Å². The smallest absolute Gasteiger partial charge is 0.312 e. The largest absolute Gasteiger partial charge is 0.497 e. The van der Waals surface area contributed by atoms with Gasteiger partial charge in [0, 0.05) is 32.1 Å². The Kier molecular flexibility index (Phi) is 7.04. The summed E-state index contributed by atoms with van der Waals surface area (Å²) < 4.78 is 21.7. The minimum absolute atomic E-state index is 0.0144. The Bertz CT molecular complexity index is 833. The zero-order valence-electron chi connectivity index (χ0n) is 18.6. The Labute approximate surface area is 182 Å². The van der Waals surface area contributed by atoms with Crippen LogP contribution in [0.1, 0.15) is 27.2 Å². The summed E-state index contributed by atoms with van der Waals surface area (Å²) in [4.78, 5) is 41.2. The lowest BCUT2D eigenvalue weighted by atomic mass is 10.1. The van der Waals surface area contributed by atoms with Gasteiger partial charge in [-0.3, -0.25) is 14.4 Å². The van der Waals surface area contributed by atoms with Crippen molar-refractivity contribution in [3.63, 3.8) is 0 Å². The number of benzene rings is 1. The van der Waals surface area contributed by atoms with Crippen LogP contribution in [-0.2, 0) is 23.9 Å². The monoisotopic (exact) mass is 434 g/mol. The Morgan fingerprint density at radius 1 is 1.10 bits per heavy atom. The highest BCUT2D eigenvalue weighted by atomic mass is 16.5. The average molecular weight is 434 g/mol. The molecule has 0 radical (unpaired) electrons. The Morgan fingerprint density at radius 2 is 1.77 bits per heavy atom. The first-order valence-corrected chi connectivity index (χ1v) is 10.4. The van der Waals surface area contributed by atoms with E-state index in [4.69, 9.17) is 18.9 Å². The molecule has 0 aromatic heterocycles. The van der Waals surface area contributed by atoms with E-state index in [9.17, 15) is 14.4 Å². The standard InChI is InChI=1S/C22H30N2O7/c1-13-10-23(11-14(2)30-13)21(26)15(3)31-22(27)16-8-20(25)24(12-16)18-7-6-17(28-4)9-19(18)29-5/h6-7,9,13-16H,8,10-12H2,1-5H3/t13-,14+,15-,16+/m1/s1. The fourth-order valence-electron chi connectivity index (χ4n) is 4.04. The minimum Gasteiger partial charge on any atom is -0.497 e. The molecular formula is C22H30N2O7. The first kappa shape index (κ1) is 22.9. The van der Waals surface area contributed by atoms with E-state index in [1.807, 2.05) is 13.8 Å². The number of amides is 2. The average Bonchev–Trinajstić information content (AvgIpc) is 3.13. The van der Waals surface area contributed by atoms with E-state index in [0.717, 1.165) is 0 Å². The topological polar surface area (TPSA) is 94.6 Å². The number of carbonyl (C=O) groups excluding carboxylic acids is 3. The molecule has 0 N–H and O–H groups in total. The summed E-state index contributed by atoms with van der Waals surface area (Å²) >= 11 is 0. The maximum atomic E-state index is 12.7. The van der Waals surface area contributed by atoms with E-state index < -0.39 is 18.0 Å². The van der Waals surface area contributed by atoms with Gasteiger partial charge in [0.2, 0.25) is 5.91 Å². The van der Waals surface area contributed by atoms with Crippen molar-refractivity contribution < 1.29 is 33.3 Å². The summed E-state index contributed by atoms with van der Waals surface area (Å²) in [6.07, 6.45) is -1.06. The molecule has 9 heteroatoms. The van der Waals surface area contributed by atoms with Crippen molar-refractivity contribution in [2.24, 2.45) is 5.92 Å². The number of ether oxygens (including phenoxy) is 4. The molecule has 31 heavy (non-hydrogen) atoms. The van der Waals surface area contributed by atoms with E-state index in [2.05, 4.69) is 0 Å². The zero-order valence-corrected chi connectivity index (χ0v) is 18.6. The fraction of sp³-hybridized carbons (Fsp3) is 0.591. The van der Waals surface area contributed by atoms with Crippen LogP contribution in [0.2, 0.25) is 0 Å². The second-order valence-corrected chi connectivity index (χ2v) is 8.02. The molecule has 4 atom stereocenters. The maximum Gasteiger partial charge on any atom is 0.312 e. The molecule has 170 valence electrons. The third kappa shape index (κ3) is 5.10. The van der Waals surface area contributed by atoms with Gasteiger partial charge < -0.3 is 28.7 Å². The van der Waals surface area contributed by atoms with E-state index in [-0.39, 0.29) is 37.0 Å². The highest BCUT2D eigenvalue weighted by Crippen LogP contribution is 2.36. The molecule has 2 fully saturated rings. The normalized spacial score (nSPS) is 24.7. The van der Waals surface area contributed by atoms with Crippen LogP contribution in [0.3, 0.4) is 0 Å². The van der Waals surface area contributed by atoms with Crippen LogP contribution in [0, 0.1) is 5.92 Å². The molecule has 2 heterocycles. The molecule has 0 aliphatic carbocycles. The molecule has 9 nitrogen and oxygen atoms in total. The summed E-state index contributed by atoms with van der Waals surface area (Å²) in [5.74, 6) is -0.604. The maximum absolute atomic E-state index is 12.7. The third-order valence-corrected chi connectivity index (χ3v) is 5.51. The molecular weight excluding hydrogens is 404 g/mol. The predicted molar refractivity (Wildman–Crippen MR) is 112 cm³/mol. The molecule has 1 aromatic rings. The van der Waals surface area contributed by atoms with Crippen molar-refractivity contribution >= 4 is 23.5 Å². The summed E-state index contributed by atoms with van der Waals surface area (Å²) in [5, 5.41) is 0. The van der Waals surface area contributed by atoms with Crippen LogP contribution >= 0.6 is 0 Å². The Hall–Kier alpha value is -2.81. The van der Waals surface area contributed by atoms with Crippen LogP contribution < -0.4 is 14.4 Å². The molecule has 0 unspecified atom stereocenters. The lowest BCUT2D eigenvalue weighted by molar-refractivity contribution is -0.166. The fourth-order valence-corrected chi connectivity index (χ4v) is 4.04. The van der Waals surface area contributed by atoms with Crippen molar-refractivity contribution in [3.8, 4) is 11.5 Å². The van der Waals surface area contributed by atoms with Crippen molar-refractivity contribution in [3.05, 3.63) is 18.2 Å². The molecule has 2 aliphatic heterocycles. The SMILES string of the molecule is COc1ccc(N2C[C@@H](C(=O)O[C@H](C)C(=O)N3C[C@@H](C)O[C@@H](C)C3)CC2=O)c(OC)c1. The first-order valence-electron chi connectivity index (χ1n) is 10.4. The van der Waals surface area contributed by atoms with Crippen molar-refractivity contribution in [2.75, 3.05) is 38.8 Å². The minimum atomic E-state index is -0.926. The van der Waals surface area contributed by atoms with Crippen LogP contribution in [0.5, 0.6) is 11.5 Å². The van der Waals surface area contributed by atoms with Gasteiger partial charge in [0.05, 0.1) is 38.0 Å². The summed E-state index contributed by atoms with van der Waals surface area (Å²) in [6.45, 7) is 6.44. The quantitative estimate of drug-likeness (QED) is 0.628. The summed E-state index contributed by atoms with van der Waals surface area (Å²) in [7, 11) is 3.05. The number of carbonyl (C=O) groups is 3. The lowest BCUT2D eigenvalue weighted by Gasteiger charge is -2.36. The van der Waals surface area contributed by atoms with Gasteiger partial charge in [-0.1, -0.05) is 0 Å². The first-order chi connectivity index (χ1) is 14.7. The van der Waals surface area contributed by atoms with Crippen molar-refractivity contribution in [1.82, 2.24) is 4.90 Å². The van der Waals surface area contributed by atoms with Gasteiger partial charge in [-0.15, -0.1) is 0 Å². The van der Waals surface area contributed by atoms with Crippen LogP contribution in [-0.4, -0.2) is 74.8 Å². The molecule has 1 aromatic carbocycles. The molecule has 2 saturated heterocycles. The number of hydrogen-bond donors (Lipinski definition) is 0. The summed E-state index contributed by atoms with van der Waals surface area (Å²) in [5.41, 5.74) is 0.559.